The van der Waals surface area contributed by atoms with Crippen LogP contribution in [0.25, 0.3) is 11.1 Å². The number of amides is 1. The van der Waals surface area contributed by atoms with Crippen LogP contribution in [0.3, 0.4) is 0 Å². The molecule has 0 N–H and O–H groups in total. The van der Waals surface area contributed by atoms with E-state index in [1.165, 1.54) is 11.9 Å². The average molecular weight is 421 g/mol. The molecule has 162 valence electrons. The Balaban J connectivity index is 1.54. The van der Waals surface area contributed by atoms with Gasteiger partial charge >= 0.3 is 0 Å². The molecule has 0 atom stereocenters. The number of aryl methyl sites for hydroxylation is 1. The molecule has 1 fully saturated rings. The fraction of sp³-hybridized carbons (Fsp3) is 0.522. The number of carbonyl (C=O) groups excluding carboxylic acids is 1. The first-order valence-corrected chi connectivity index (χ1v) is 10.9. The van der Waals surface area contributed by atoms with Crippen LogP contribution in [0.15, 0.2) is 17.1 Å². The van der Waals surface area contributed by atoms with E-state index in [9.17, 15) is 4.79 Å². The van der Waals surface area contributed by atoms with Crippen molar-refractivity contribution in [3.63, 3.8) is 0 Å². The molecule has 8 nitrogen and oxygen atoms in total. The lowest BCUT2D eigenvalue weighted by molar-refractivity contribution is 0.0731. The molecule has 2 aliphatic rings. The minimum Gasteiger partial charge on any atom is -0.442 e. The van der Waals surface area contributed by atoms with Crippen LogP contribution in [0, 0.1) is 6.92 Å². The lowest BCUT2D eigenvalue weighted by Gasteiger charge is -2.30. The zero-order chi connectivity index (χ0) is 21.9. The number of hydrogen-bond donors (Lipinski definition) is 0. The van der Waals surface area contributed by atoms with Gasteiger partial charge in [0.15, 0.2) is 0 Å². The van der Waals surface area contributed by atoms with Crippen molar-refractivity contribution < 1.29 is 9.21 Å². The highest BCUT2D eigenvalue weighted by atomic mass is 16.3. The fourth-order valence-corrected chi connectivity index (χ4v) is 4.52. The monoisotopic (exact) mass is 420 g/mol. The summed E-state index contributed by atoms with van der Waals surface area (Å²) in [4.78, 5) is 35.5. The van der Waals surface area contributed by atoms with Crippen molar-refractivity contribution in [2.75, 3.05) is 18.5 Å². The Bertz CT molecular complexity index is 1180. The SMILES string of the molecule is Cc1oc2ncnc(N(C)C3(C)CC3)c2c1C(=O)N1CCc2c(ncnc2C(C)C)C1. The third kappa shape index (κ3) is 3.16. The van der Waals surface area contributed by atoms with E-state index in [4.69, 9.17) is 4.42 Å². The Morgan fingerprint density at radius 1 is 1.19 bits per heavy atom. The van der Waals surface area contributed by atoms with E-state index < -0.39 is 0 Å². The summed E-state index contributed by atoms with van der Waals surface area (Å²) < 4.78 is 5.90. The van der Waals surface area contributed by atoms with Gasteiger partial charge in [-0.3, -0.25) is 4.79 Å². The Kier molecular flexibility index (Phi) is 4.50. The summed E-state index contributed by atoms with van der Waals surface area (Å²) in [7, 11) is 2.03. The van der Waals surface area contributed by atoms with Crippen molar-refractivity contribution in [2.45, 2.75) is 65.0 Å². The first kappa shape index (κ1) is 19.9. The number of furan rings is 1. The second-order valence-electron chi connectivity index (χ2n) is 9.28. The van der Waals surface area contributed by atoms with Crippen molar-refractivity contribution >= 4 is 22.8 Å². The molecule has 0 saturated heterocycles. The molecule has 5 rings (SSSR count). The van der Waals surface area contributed by atoms with Gasteiger partial charge in [-0.05, 0) is 44.6 Å². The lowest BCUT2D eigenvalue weighted by atomic mass is 9.96. The highest BCUT2D eigenvalue weighted by Gasteiger charge is 2.43. The van der Waals surface area contributed by atoms with E-state index in [0.29, 0.717) is 41.4 Å². The van der Waals surface area contributed by atoms with E-state index in [1.54, 1.807) is 6.33 Å². The van der Waals surface area contributed by atoms with Crippen molar-refractivity contribution in [2.24, 2.45) is 0 Å². The summed E-state index contributed by atoms with van der Waals surface area (Å²) >= 11 is 0. The summed E-state index contributed by atoms with van der Waals surface area (Å²) in [6.07, 6.45) is 6.09. The van der Waals surface area contributed by atoms with Gasteiger partial charge in [-0.1, -0.05) is 13.8 Å². The van der Waals surface area contributed by atoms with Crippen LogP contribution < -0.4 is 4.90 Å². The van der Waals surface area contributed by atoms with Gasteiger partial charge in [0.05, 0.1) is 23.2 Å². The molecule has 0 aromatic carbocycles. The number of aromatic nitrogens is 4. The average Bonchev–Trinajstić information content (AvgIpc) is 3.42. The minimum absolute atomic E-state index is 0.0583. The lowest BCUT2D eigenvalue weighted by Crippen LogP contribution is -2.37. The first-order valence-electron chi connectivity index (χ1n) is 10.9. The summed E-state index contributed by atoms with van der Waals surface area (Å²) in [5.74, 6) is 1.61. The van der Waals surface area contributed by atoms with Gasteiger partial charge in [0.1, 0.15) is 24.2 Å². The summed E-state index contributed by atoms with van der Waals surface area (Å²) in [6, 6.07) is 0. The number of fused-ring (bicyclic) bond motifs is 2. The standard InChI is InChI=1S/C23H28N6O2/c1-13(2)19-15-6-9-29(10-16(15)24-11-25-19)22(30)17-14(3)31-21-18(17)20(26-12-27-21)28(5)23(4)7-8-23/h11-13H,6-10H2,1-5H3. The van der Waals surface area contributed by atoms with Gasteiger partial charge in [0.2, 0.25) is 5.71 Å². The molecular formula is C23H28N6O2. The molecule has 1 saturated carbocycles. The van der Waals surface area contributed by atoms with Gasteiger partial charge in [0, 0.05) is 24.8 Å². The van der Waals surface area contributed by atoms with Crippen LogP contribution >= 0.6 is 0 Å². The number of rotatable bonds is 4. The van der Waals surface area contributed by atoms with Gasteiger partial charge in [-0.2, -0.15) is 0 Å². The van der Waals surface area contributed by atoms with Crippen molar-refractivity contribution in [3.05, 3.63) is 40.9 Å². The first-order chi connectivity index (χ1) is 14.8. The number of carbonyl (C=O) groups is 1. The smallest absolute Gasteiger partial charge is 0.258 e. The van der Waals surface area contributed by atoms with Gasteiger partial charge in [0.25, 0.3) is 5.91 Å². The predicted octanol–water partition coefficient (Wildman–Crippen LogP) is 3.63. The summed E-state index contributed by atoms with van der Waals surface area (Å²) in [6.45, 7) is 9.41. The maximum absolute atomic E-state index is 13.7. The second-order valence-corrected chi connectivity index (χ2v) is 9.28. The Labute approximate surface area is 181 Å². The van der Waals surface area contributed by atoms with Gasteiger partial charge in [-0.25, -0.2) is 19.9 Å². The molecule has 4 heterocycles. The molecule has 1 amide bonds. The molecule has 1 aliphatic heterocycles. The fourth-order valence-electron chi connectivity index (χ4n) is 4.52. The van der Waals surface area contributed by atoms with E-state index in [2.05, 4.69) is 45.6 Å². The molecule has 3 aromatic heterocycles. The molecule has 0 spiro atoms. The quantitative estimate of drug-likeness (QED) is 0.637. The van der Waals surface area contributed by atoms with Gasteiger partial charge < -0.3 is 14.2 Å². The zero-order valence-corrected chi connectivity index (χ0v) is 18.8. The third-order valence-corrected chi connectivity index (χ3v) is 6.83. The largest absolute Gasteiger partial charge is 0.442 e. The molecule has 8 heteroatoms. The maximum atomic E-state index is 13.7. The van der Waals surface area contributed by atoms with Crippen LogP contribution in [-0.4, -0.2) is 49.9 Å². The van der Waals surface area contributed by atoms with Crippen LogP contribution in [0.1, 0.15) is 72.6 Å². The molecule has 31 heavy (non-hydrogen) atoms. The van der Waals surface area contributed by atoms with Crippen molar-refractivity contribution in [1.29, 1.82) is 0 Å². The number of anilines is 1. The highest BCUT2D eigenvalue weighted by molar-refractivity contribution is 6.10. The highest BCUT2D eigenvalue weighted by Crippen LogP contribution is 2.44. The summed E-state index contributed by atoms with van der Waals surface area (Å²) in [5, 5.41) is 0.706. The Morgan fingerprint density at radius 3 is 2.65 bits per heavy atom. The molecular weight excluding hydrogens is 392 g/mol. The topological polar surface area (TPSA) is 88.3 Å². The van der Waals surface area contributed by atoms with Crippen molar-refractivity contribution in [1.82, 2.24) is 24.8 Å². The third-order valence-electron chi connectivity index (χ3n) is 6.83. The Hall–Kier alpha value is -3.03. The number of hydrogen-bond acceptors (Lipinski definition) is 7. The van der Waals surface area contributed by atoms with Crippen LogP contribution in [-0.2, 0) is 13.0 Å². The van der Waals surface area contributed by atoms with E-state index in [1.807, 2.05) is 18.9 Å². The zero-order valence-electron chi connectivity index (χ0n) is 18.8. The van der Waals surface area contributed by atoms with E-state index in [-0.39, 0.29) is 11.4 Å². The summed E-state index contributed by atoms with van der Waals surface area (Å²) in [5.41, 5.74) is 4.29. The molecule has 1 aliphatic carbocycles. The molecule has 0 radical (unpaired) electrons. The number of nitrogens with zero attached hydrogens (tertiary/aromatic N) is 6. The minimum atomic E-state index is -0.0583. The predicted molar refractivity (Wildman–Crippen MR) is 117 cm³/mol. The molecule has 0 unspecified atom stereocenters. The van der Waals surface area contributed by atoms with Crippen molar-refractivity contribution in [3.8, 4) is 0 Å². The second kappa shape index (κ2) is 7.00. The molecule has 0 bridgehead atoms. The van der Waals surface area contributed by atoms with E-state index >= 15 is 0 Å². The molecule has 3 aromatic rings. The Morgan fingerprint density at radius 2 is 1.94 bits per heavy atom. The van der Waals surface area contributed by atoms with Gasteiger partial charge in [-0.15, -0.1) is 0 Å². The maximum Gasteiger partial charge on any atom is 0.258 e. The van der Waals surface area contributed by atoms with Crippen LogP contribution in [0.2, 0.25) is 0 Å². The normalized spacial score (nSPS) is 17.2. The van der Waals surface area contributed by atoms with E-state index in [0.717, 1.165) is 36.5 Å². The van der Waals surface area contributed by atoms with Crippen LogP contribution in [0.4, 0.5) is 5.82 Å². The van der Waals surface area contributed by atoms with Crippen LogP contribution in [0.5, 0.6) is 0 Å².